The van der Waals surface area contributed by atoms with Crippen LogP contribution >= 0.6 is 0 Å². The number of carbonyl (C=O) groups excluding carboxylic acids is 1. The Morgan fingerprint density at radius 3 is 2.05 bits per heavy atom. The number of carbonyl (C=O) groups is 1. The smallest absolute Gasteiger partial charge is 0.313 e. The molecule has 3 nitrogen and oxygen atoms in total. The summed E-state index contributed by atoms with van der Waals surface area (Å²) in [5, 5.41) is 3.45. The van der Waals surface area contributed by atoms with Crippen molar-refractivity contribution >= 4 is 11.7 Å². The number of ether oxygens (including phenoxy) is 1. The molecule has 2 rings (SSSR count). The lowest BCUT2D eigenvalue weighted by Crippen LogP contribution is -2.36. The Hall–Kier alpha value is -2.29. The van der Waals surface area contributed by atoms with Crippen LogP contribution in [0.25, 0.3) is 0 Å². The minimum Gasteiger partial charge on any atom is -0.469 e. The third-order valence-electron chi connectivity index (χ3n) is 3.65. The zero-order valence-electron chi connectivity index (χ0n) is 12.7. The van der Waals surface area contributed by atoms with Gasteiger partial charge in [0.05, 0.1) is 18.6 Å². The van der Waals surface area contributed by atoms with Crippen LogP contribution in [0.3, 0.4) is 0 Å². The van der Waals surface area contributed by atoms with Gasteiger partial charge in [0.15, 0.2) is 0 Å². The first-order valence-electron chi connectivity index (χ1n) is 7.00. The van der Waals surface area contributed by atoms with E-state index in [1.165, 1.54) is 7.11 Å². The zero-order valence-corrected chi connectivity index (χ0v) is 12.7. The quantitative estimate of drug-likeness (QED) is 0.842. The van der Waals surface area contributed by atoms with Gasteiger partial charge in [-0.2, -0.15) is 0 Å². The van der Waals surface area contributed by atoms with Gasteiger partial charge >= 0.3 is 5.97 Å². The molecule has 1 atom stereocenters. The third kappa shape index (κ3) is 3.43. The van der Waals surface area contributed by atoms with E-state index in [-0.39, 0.29) is 12.0 Å². The van der Waals surface area contributed by atoms with Gasteiger partial charge in [-0.3, -0.25) is 4.79 Å². The molecule has 0 spiro atoms. The van der Waals surface area contributed by atoms with Crippen molar-refractivity contribution in [2.24, 2.45) is 5.41 Å². The van der Waals surface area contributed by atoms with Gasteiger partial charge in [-0.15, -0.1) is 0 Å². The first-order chi connectivity index (χ1) is 10.1. The van der Waals surface area contributed by atoms with Crippen molar-refractivity contribution < 1.29 is 9.53 Å². The molecular weight excluding hydrogens is 262 g/mol. The molecule has 3 heteroatoms. The average molecular weight is 283 g/mol. The number of hydrogen-bond acceptors (Lipinski definition) is 3. The highest BCUT2D eigenvalue weighted by Crippen LogP contribution is 2.37. The van der Waals surface area contributed by atoms with Crippen molar-refractivity contribution in [1.29, 1.82) is 0 Å². The van der Waals surface area contributed by atoms with Crippen LogP contribution in [-0.2, 0) is 9.53 Å². The summed E-state index contributed by atoms with van der Waals surface area (Å²) in [6.07, 6.45) is 0. The van der Waals surface area contributed by atoms with Gasteiger partial charge in [-0.05, 0) is 31.5 Å². The molecule has 2 aromatic carbocycles. The molecular formula is C18H21NO2. The van der Waals surface area contributed by atoms with E-state index in [2.05, 4.69) is 5.32 Å². The number of benzene rings is 2. The average Bonchev–Trinajstić information content (AvgIpc) is 2.53. The van der Waals surface area contributed by atoms with Crippen molar-refractivity contribution in [2.75, 3.05) is 12.4 Å². The predicted molar refractivity (Wildman–Crippen MR) is 85.0 cm³/mol. The van der Waals surface area contributed by atoms with E-state index in [0.717, 1.165) is 11.3 Å². The Balaban J connectivity index is 2.38. The maximum Gasteiger partial charge on any atom is 0.313 e. The summed E-state index contributed by atoms with van der Waals surface area (Å²) in [7, 11) is 1.43. The largest absolute Gasteiger partial charge is 0.469 e. The molecule has 0 aromatic heterocycles. The number of para-hydroxylation sites is 1. The first kappa shape index (κ1) is 15.1. The molecule has 0 heterocycles. The van der Waals surface area contributed by atoms with E-state index in [4.69, 9.17) is 4.74 Å². The van der Waals surface area contributed by atoms with Gasteiger partial charge in [0.2, 0.25) is 0 Å². The fourth-order valence-corrected chi connectivity index (χ4v) is 2.41. The first-order valence-corrected chi connectivity index (χ1v) is 7.00. The van der Waals surface area contributed by atoms with Crippen molar-refractivity contribution in [2.45, 2.75) is 19.9 Å². The molecule has 110 valence electrons. The van der Waals surface area contributed by atoms with Gasteiger partial charge in [0.25, 0.3) is 0 Å². The zero-order chi connectivity index (χ0) is 15.3. The highest BCUT2D eigenvalue weighted by molar-refractivity contribution is 5.78. The highest BCUT2D eigenvalue weighted by Gasteiger charge is 2.39. The van der Waals surface area contributed by atoms with Crippen LogP contribution in [0, 0.1) is 5.41 Å². The van der Waals surface area contributed by atoms with Crippen molar-refractivity contribution in [3.63, 3.8) is 0 Å². The second-order valence-corrected chi connectivity index (χ2v) is 5.57. The van der Waals surface area contributed by atoms with E-state index >= 15 is 0 Å². The summed E-state index contributed by atoms with van der Waals surface area (Å²) >= 11 is 0. The third-order valence-corrected chi connectivity index (χ3v) is 3.65. The van der Waals surface area contributed by atoms with Crippen molar-refractivity contribution in [1.82, 2.24) is 0 Å². The van der Waals surface area contributed by atoms with E-state index in [0.29, 0.717) is 0 Å². The molecule has 1 N–H and O–H groups in total. The summed E-state index contributed by atoms with van der Waals surface area (Å²) < 4.78 is 4.98. The van der Waals surface area contributed by atoms with Gasteiger partial charge in [-0.25, -0.2) is 0 Å². The molecule has 0 unspecified atom stereocenters. The summed E-state index contributed by atoms with van der Waals surface area (Å²) in [4.78, 5) is 12.2. The van der Waals surface area contributed by atoms with Crippen molar-refractivity contribution in [3.05, 3.63) is 66.2 Å². The molecule has 21 heavy (non-hydrogen) atoms. The molecule has 0 amide bonds. The Labute approximate surface area is 126 Å². The van der Waals surface area contributed by atoms with Gasteiger partial charge in [0.1, 0.15) is 0 Å². The van der Waals surface area contributed by atoms with Gasteiger partial charge < -0.3 is 10.1 Å². The number of nitrogens with one attached hydrogen (secondary N) is 1. The van der Waals surface area contributed by atoms with Crippen LogP contribution < -0.4 is 5.32 Å². The lowest BCUT2D eigenvalue weighted by molar-refractivity contribution is -0.151. The molecule has 2 aromatic rings. The SMILES string of the molecule is COC(=O)C(C)(C)[C@H](Nc1ccccc1)c1ccccc1. The molecule has 0 saturated heterocycles. The van der Waals surface area contributed by atoms with Gasteiger partial charge in [0, 0.05) is 5.69 Å². The second-order valence-electron chi connectivity index (χ2n) is 5.57. The molecule has 0 radical (unpaired) electrons. The fourth-order valence-electron chi connectivity index (χ4n) is 2.41. The maximum absolute atomic E-state index is 12.2. The summed E-state index contributed by atoms with van der Waals surface area (Å²) in [5.41, 5.74) is 1.34. The normalized spacial score (nSPS) is 12.5. The van der Waals surface area contributed by atoms with Crippen LogP contribution in [0.4, 0.5) is 5.69 Å². The van der Waals surface area contributed by atoms with Crippen LogP contribution in [0.2, 0.25) is 0 Å². The molecule has 0 fully saturated rings. The summed E-state index contributed by atoms with van der Waals surface area (Å²) in [5.74, 6) is -0.236. The summed E-state index contributed by atoms with van der Waals surface area (Å²) in [6, 6.07) is 19.7. The number of anilines is 1. The Morgan fingerprint density at radius 1 is 1.00 bits per heavy atom. The van der Waals surface area contributed by atoms with E-state index < -0.39 is 5.41 Å². The monoisotopic (exact) mass is 283 g/mol. The Morgan fingerprint density at radius 2 is 1.52 bits per heavy atom. The second kappa shape index (κ2) is 6.44. The van der Waals surface area contributed by atoms with Crippen LogP contribution in [0.15, 0.2) is 60.7 Å². The topological polar surface area (TPSA) is 38.3 Å². The Bertz CT molecular complexity index is 579. The molecule has 0 saturated carbocycles. The number of esters is 1. The number of hydrogen-bond donors (Lipinski definition) is 1. The number of methoxy groups -OCH3 is 1. The number of rotatable bonds is 5. The van der Waals surface area contributed by atoms with Crippen LogP contribution in [-0.4, -0.2) is 13.1 Å². The van der Waals surface area contributed by atoms with E-state index in [9.17, 15) is 4.79 Å². The van der Waals surface area contributed by atoms with E-state index in [1.807, 2.05) is 74.5 Å². The van der Waals surface area contributed by atoms with E-state index in [1.54, 1.807) is 0 Å². The predicted octanol–water partition coefficient (Wildman–Crippen LogP) is 4.04. The standard InChI is InChI=1S/C18H21NO2/c1-18(2,17(20)21-3)16(14-10-6-4-7-11-14)19-15-12-8-5-9-13-15/h4-13,16,19H,1-3H3/t16-/m1/s1. The minimum absolute atomic E-state index is 0.173. The minimum atomic E-state index is -0.689. The maximum atomic E-state index is 12.2. The fraction of sp³-hybridized carbons (Fsp3) is 0.278. The molecule has 0 aliphatic carbocycles. The molecule has 0 aliphatic heterocycles. The van der Waals surface area contributed by atoms with Crippen molar-refractivity contribution in [3.8, 4) is 0 Å². The van der Waals surface area contributed by atoms with Crippen LogP contribution in [0.5, 0.6) is 0 Å². The summed E-state index contributed by atoms with van der Waals surface area (Å²) in [6.45, 7) is 3.79. The van der Waals surface area contributed by atoms with Gasteiger partial charge in [-0.1, -0.05) is 48.5 Å². The Kier molecular flexibility index (Phi) is 4.63. The lowest BCUT2D eigenvalue weighted by atomic mass is 9.80. The lowest BCUT2D eigenvalue weighted by Gasteiger charge is -2.33. The molecule has 0 aliphatic rings. The highest BCUT2D eigenvalue weighted by atomic mass is 16.5. The molecule has 0 bridgehead atoms. The van der Waals surface area contributed by atoms with Crippen LogP contribution in [0.1, 0.15) is 25.5 Å².